The fourth-order valence-electron chi connectivity index (χ4n) is 4.99. The Hall–Kier alpha value is -4.37. The Morgan fingerprint density at radius 3 is 2.26 bits per heavy atom. The van der Waals surface area contributed by atoms with Gasteiger partial charge < -0.3 is 29.0 Å². The lowest BCUT2D eigenvalue weighted by molar-refractivity contribution is -0.116. The normalized spacial score (nSPS) is 16.2. The highest BCUT2D eigenvalue weighted by molar-refractivity contribution is 5.79. The Balaban J connectivity index is 1.84. The van der Waals surface area contributed by atoms with Crippen LogP contribution in [-0.4, -0.2) is 49.7 Å². The van der Waals surface area contributed by atoms with Gasteiger partial charge in [-0.2, -0.15) is 0 Å². The molecule has 0 saturated carbocycles. The summed E-state index contributed by atoms with van der Waals surface area (Å²) in [7, 11) is 4.79. The van der Waals surface area contributed by atoms with E-state index >= 15 is 4.39 Å². The average molecular weight is 577 g/mol. The topological polar surface area (TPSA) is 89.8 Å². The second-order valence-corrected chi connectivity index (χ2v) is 10.5. The molecule has 42 heavy (non-hydrogen) atoms. The number of hydrogen-bond acceptors (Lipinski definition) is 8. The second-order valence-electron chi connectivity index (χ2n) is 10.5. The van der Waals surface area contributed by atoms with Crippen molar-refractivity contribution in [1.82, 2.24) is 4.90 Å². The van der Waals surface area contributed by atoms with Crippen LogP contribution in [0, 0.1) is 12.7 Å². The van der Waals surface area contributed by atoms with Gasteiger partial charge >= 0.3 is 0 Å². The smallest absolute Gasteiger partial charge is 0.294 e. The lowest BCUT2D eigenvalue weighted by Crippen LogP contribution is -2.38. The van der Waals surface area contributed by atoms with E-state index in [-0.39, 0.29) is 29.5 Å². The van der Waals surface area contributed by atoms with Crippen LogP contribution >= 0.6 is 0 Å². The monoisotopic (exact) mass is 576 g/mol. The minimum absolute atomic E-state index is 0.0351. The maximum atomic E-state index is 15.4. The number of rotatable bonds is 11. The summed E-state index contributed by atoms with van der Waals surface area (Å²) < 4.78 is 38.2. The molecule has 0 unspecified atom stereocenters. The molecular weight excluding hydrogens is 539 g/mol. The first-order chi connectivity index (χ1) is 20.1. The maximum Gasteiger partial charge on any atom is 0.294 e. The first-order valence-electron chi connectivity index (χ1n) is 13.6. The number of aliphatic hydroxyl groups is 1. The van der Waals surface area contributed by atoms with Crippen molar-refractivity contribution in [3.8, 4) is 17.2 Å². The molecule has 0 radical (unpaired) electrons. The standard InChI is InChI=1S/C33H37FN2O6/c1-21-7-9-24(30(13-21)40-5)18-36(19-25-10-11-26(39-4)16-31(25)41-6)32-35-33(3,17-27(20-37)42-32)28-15-23(14-22(2)38)8-12-29(28)34/h7-13,15-17,37H,14,18-20H2,1-6H3/t33-/m0/s1. The Kier molecular flexibility index (Phi) is 9.52. The third-order valence-corrected chi connectivity index (χ3v) is 7.11. The summed E-state index contributed by atoms with van der Waals surface area (Å²) >= 11 is 0. The van der Waals surface area contributed by atoms with Gasteiger partial charge in [0.05, 0.1) is 34.4 Å². The van der Waals surface area contributed by atoms with Gasteiger partial charge in [0.1, 0.15) is 46.8 Å². The molecule has 4 rings (SSSR count). The lowest BCUT2D eigenvalue weighted by Gasteiger charge is -2.34. The summed E-state index contributed by atoms with van der Waals surface area (Å²) in [6, 6.07) is 16.2. The van der Waals surface area contributed by atoms with Gasteiger partial charge in [-0.3, -0.25) is 4.79 Å². The molecule has 8 nitrogen and oxygen atoms in total. The number of benzene rings is 3. The van der Waals surface area contributed by atoms with E-state index in [4.69, 9.17) is 23.9 Å². The van der Waals surface area contributed by atoms with E-state index in [9.17, 15) is 9.90 Å². The van der Waals surface area contributed by atoms with Gasteiger partial charge in [-0.25, -0.2) is 9.38 Å². The number of hydrogen-bond donors (Lipinski definition) is 1. The third kappa shape index (κ3) is 6.91. The van der Waals surface area contributed by atoms with Crippen LogP contribution in [0.2, 0.25) is 0 Å². The van der Waals surface area contributed by atoms with E-state index in [0.29, 0.717) is 35.9 Å². The molecule has 1 N–H and O–H groups in total. The van der Waals surface area contributed by atoms with Crippen LogP contribution in [0.1, 0.15) is 41.7 Å². The summed E-state index contributed by atoms with van der Waals surface area (Å²) in [4.78, 5) is 18.6. The van der Waals surface area contributed by atoms with Crippen molar-refractivity contribution in [2.45, 2.75) is 45.8 Å². The quantitative estimate of drug-likeness (QED) is 0.324. The molecule has 0 aromatic heterocycles. The van der Waals surface area contributed by atoms with Gasteiger partial charge in [-0.05, 0) is 68.3 Å². The van der Waals surface area contributed by atoms with Crippen molar-refractivity contribution in [3.63, 3.8) is 0 Å². The Morgan fingerprint density at radius 2 is 1.64 bits per heavy atom. The van der Waals surface area contributed by atoms with Crippen molar-refractivity contribution in [1.29, 1.82) is 0 Å². The molecular formula is C33H37FN2O6. The molecule has 0 aliphatic carbocycles. The van der Waals surface area contributed by atoms with E-state index in [2.05, 4.69) is 0 Å². The first kappa shape index (κ1) is 30.6. The van der Waals surface area contributed by atoms with Gasteiger partial charge in [-0.15, -0.1) is 0 Å². The van der Waals surface area contributed by atoms with E-state index < -0.39 is 18.0 Å². The molecule has 1 heterocycles. The number of aliphatic imine (C=N–C) groups is 1. The van der Waals surface area contributed by atoms with Gasteiger partial charge in [0, 0.05) is 29.2 Å². The number of carbonyl (C=O) groups excluding carboxylic acids is 1. The molecule has 1 aliphatic rings. The van der Waals surface area contributed by atoms with E-state index in [0.717, 1.165) is 16.7 Å². The molecule has 3 aromatic rings. The zero-order valence-corrected chi connectivity index (χ0v) is 24.9. The predicted molar refractivity (Wildman–Crippen MR) is 158 cm³/mol. The molecule has 0 bridgehead atoms. The number of methoxy groups -OCH3 is 3. The fourth-order valence-corrected chi connectivity index (χ4v) is 4.99. The molecule has 0 amide bonds. The van der Waals surface area contributed by atoms with Crippen LogP contribution in [-0.2, 0) is 34.6 Å². The summed E-state index contributed by atoms with van der Waals surface area (Å²) in [5.41, 5.74) is 2.45. The second kappa shape index (κ2) is 13.1. The van der Waals surface area contributed by atoms with Gasteiger partial charge in [0.2, 0.25) is 0 Å². The fraction of sp³-hybridized carbons (Fsp3) is 0.333. The van der Waals surface area contributed by atoms with Crippen molar-refractivity contribution >= 4 is 11.8 Å². The van der Waals surface area contributed by atoms with Crippen LogP contribution in [0.25, 0.3) is 0 Å². The largest absolute Gasteiger partial charge is 0.497 e. The van der Waals surface area contributed by atoms with E-state index in [1.807, 2.05) is 42.2 Å². The summed E-state index contributed by atoms with van der Waals surface area (Å²) in [6.45, 7) is 5.42. The summed E-state index contributed by atoms with van der Waals surface area (Å²) in [6.07, 6.45) is 1.77. The van der Waals surface area contributed by atoms with Gasteiger partial charge in [-0.1, -0.05) is 18.2 Å². The summed E-state index contributed by atoms with van der Waals surface area (Å²) in [5, 5.41) is 10.2. The van der Waals surface area contributed by atoms with Crippen molar-refractivity contribution in [2.24, 2.45) is 4.99 Å². The number of carbonyl (C=O) groups is 1. The number of aliphatic hydroxyl groups excluding tert-OH is 1. The van der Waals surface area contributed by atoms with Crippen LogP contribution < -0.4 is 14.2 Å². The number of aryl methyl sites for hydroxylation is 1. The molecule has 9 heteroatoms. The molecule has 3 aromatic carbocycles. The Morgan fingerprint density at radius 1 is 0.976 bits per heavy atom. The van der Waals surface area contributed by atoms with E-state index in [1.165, 1.54) is 13.0 Å². The molecule has 1 aliphatic heterocycles. The highest BCUT2D eigenvalue weighted by Crippen LogP contribution is 2.36. The van der Waals surface area contributed by atoms with Crippen molar-refractivity contribution in [3.05, 3.63) is 100 Å². The number of ketones is 1. The molecule has 1 atom stereocenters. The highest BCUT2D eigenvalue weighted by atomic mass is 19.1. The molecule has 222 valence electrons. The number of Topliss-reactive ketones (excluding diaryl/α,β-unsaturated/α-hetero) is 1. The maximum absolute atomic E-state index is 15.4. The van der Waals surface area contributed by atoms with Gasteiger partial charge in [0.15, 0.2) is 0 Å². The molecule has 0 spiro atoms. The number of amidine groups is 1. The summed E-state index contributed by atoms with van der Waals surface area (Å²) in [5.74, 6) is 1.66. The van der Waals surface area contributed by atoms with Crippen LogP contribution in [0.3, 0.4) is 0 Å². The zero-order valence-electron chi connectivity index (χ0n) is 24.9. The van der Waals surface area contributed by atoms with Crippen LogP contribution in [0.15, 0.2) is 71.4 Å². The van der Waals surface area contributed by atoms with Crippen molar-refractivity contribution in [2.75, 3.05) is 27.9 Å². The average Bonchev–Trinajstić information content (AvgIpc) is 2.97. The van der Waals surface area contributed by atoms with Crippen LogP contribution in [0.5, 0.6) is 17.2 Å². The zero-order chi connectivity index (χ0) is 30.4. The SMILES string of the molecule is COc1ccc(CN(Cc2ccc(C)cc2OC)C2=N[C@](C)(c3cc(CC(C)=O)ccc3F)C=C(CO)O2)c(OC)c1. The molecule has 0 saturated heterocycles. The lowest BCUT2D eigenvalue weighted by atomic mass is 9.89. The predicted octanol–water partition coefficient (Wildman–Crippen LogP) is 5.47. The first-order valence-corrected chi connectivity index (χ1v) is 13.6. The minimum Gasteiger partial charge on any atom is -0.497 e. The Labute approximate surface area is 246 Å². The number of nitrogens with zero attached hydrogens (tertiary/aromatic N) is 2. The minimum atomic E-state index is -1.23. The third-order valence-electron chi connectivity index (χ3n) is 7.11. The van der Waals surface area contributed by atoms with Gasteiger partial charge in [0.25, 0.3) is 6.02 Å². The van der Waals surface area contributed by atoms with Crippen LogP contribution in [0.4, 0.5) is 4.39 Å². The highest BCUT2D eigenvalue weighted by Gasteiger charge is 2.35. The van der Waals surface area contributed by atoms with Crippen molar-refractivity contribution < 1.29 is 33.2 Å². The van der Waals surface area contributed by atoms with E-state index in [1.54, 1.807) is 52.5 Å². The number of halogens is 1. The Bertz CT molecular complexity index is 1520. The number of ether oxygens (including phenoxy) is 4. The molecule has 0 fully saturated rings.